The van der Waals surface area contributed by atoms with Gasteiger partial charge < -0.3 is 9.47 Å². The van der Waals surface area contributed by atoms with Gasteiger partial charge in [0.25, 0.3) is 0 Å². The maximum absolute atomic E-state index is 13.3. The Kier molecular flexibility index (Phi) is 5.30. The third kappa shape index (κ3) is 4.15. The Hall–Kier alpha value is -2.33. The Bertz CT molecular complexity index is 815. The summed E-state index contributed by atoms with van der Waals surface area (Å²) in [5, 5.41) is 4.92. The van der Waals surface area contributed by atoms with Crippen LogP contribution in [0.1, 0.15) is 0 Å². The molecule has 0 heterocycles. The van der Waals surface area contributed by atoms with Crippen LogP contribution in [0.5, 0.6) is 11.5 Å². The quantitative estimate of drug-likeness (QED) is 0.484. The van der Waals surface area contributed by atoms with Gasteiger partial charge >= 0.3 is 0 Å². The second-order valence-electron chi connectivity index (χ2n) is 4.51. The van der Waals surface area contributed by atoms with Crippen molar-refractivity contribution < 1.29 is 35.5 Å². The van der Waals surface area contributed by atoms with Gasteiger partial charge in [0.15, 0.2) is 17.4 Å². The van der Waals surface area contributed by atoms with Gasteiger partial charge in [0, 0.05) is 6.07 Å². The Labute approximate surface area is 134 Å². The molecule has 0 spiro atoms. The summed E-state index contributed by atoms with van der Waals surface area (Å²) in [6.45, 7) is -0.626. The molecule has 5 nitrogen and oxygen atoms in total. The number of benzene rings is 2. The van der Waals surface area contributed by atoms with Crippen LogP contribution in [0, 0.1) is 23.3 Å². The van der Waals surface area contributed by atoms with Crippen molar-refractivity contribution in [2.75, 3.05) is 13.2 Å². The number of primary sulfonamides is 1. The van der Waals surface area contributed by atoms with Gasteiger partial charge in [-0.1, -0.05) is 0 Å². The minimum Gasteiger partial charge on any atom is -0.490 e. The van der Waals surface area contributed by atoms with Gasteiger partial charge in [-0.2, -0.15) is 8.78 Å². The SMILES string of the molecule is NS(=O)(=O)c1ccc(OCCOc2c(F)c(F)cc(F)c2F)cc1. The van der Waals surface area contributed by atoms with Gasteiger partial charge in [-0.25, -0.2) is 22.3 Å². The van der Waals surface area contributed by atoms with Crippen LogP contribution in [-0.2, 0) is 10.0 Å². The Morgan fingerprint density at radius 1 is 0.875 bits per heavy atom. The third-order valence-electron chi connectivity index (χ3n) is 2.82. The summed E-state index contributed by atoms with van der Waals surface area (Å²) in [4.78, 5) is -0.120. The second-order valence-corrected chi connectivity index (χ2v) is 6.07. The molecule has 0 saturated heterocycles. The van der Waals surface area contributed by atoms with E-state index >= 15 is 0 Å². The number of sulfonamides is 1. The molecule has 24 heavy (non-hydrogen) atoms. The molecule has 2 N–H and O–H groups in total. The summed E-state index contributed by atoms with van der Waals surface area (Å²) in [5.41, 5.74) is 0. The van der Waals surface area contributed by atoms with Crippen molar-refractivity contribution in [1.29, 1.82) is 0 Å². The zero-order valence-electron chi connectivity index (χ0n) is 11.9. The highest BCUT2D eigenvalue weighted by Crippen LogP contribution is 2.26. The topological polar surface area (TPSA) is 78.6 Å². The Balaban J connectivity index is 1.94. The molecule has 0 fully saturated rings. The van der Waals surface area contributed by atoms with E-state index < -0.39 is 45.6 Å². The summed E-state index contributed by atoms with van der Waals surface area (Å²) in [6, 6.07) is 5.09. The van der Waals surface area contributed by atoms with Gasteiger partial charge in [-0.05, 0) is 24.3 Å². The van der Waals surface area contributed by atoms with Crippen LogP contribution < -0.4 is 14.6 Å². The van der Waals surface area contributed by atoms with E-state index in [-0.39, 0.29) is 23.3 Å². The van der Waals surface area contributed by atoms with Crippen molar-refractivity contribution in [3.8, 4) is 11.5 Å². The first-order valence-corrected chi connectivity index (χ1v) is 7.96. The summed E-state index contributed by atoms with van der Waals surface area (Å²) in [7, 11) is -3.83. The molecule has 0 aliphatic carbocycles. The summed E-state index contributed by atoms with van der Waals surface area (Å²) < 4.78 is 84.5. The van der Waals surface area contributed by atoms with Crippen LogP contribution in [0.2, 0.25) is 0 Å². The van der Waals surface area contributed by atoms with E-state index in [1.54, 1.807) is 0 Å². The lowest BCUT2D eigenvalue weighted by molar-refractivity contribution is 0.201. The normalized spacial score (nSPS) is 11.4. The molecule has 0 unspecified atom stereocenters. The smallest absolute Gasteiger partial charge is 0.238 e. The maximum Gasteiger partial charge on any atom is 0.238 e. The van der Waals surface area contributed by atoms with Crippen LogP contribution in [-0.4, -0.2) is 21.6 Å². The maximum atomic E-state index is 13.3. The molecule has 10 heteroatoms. The fraction of sp³-hybridized carbons (Fsp3) is 0.143. The average Bonchev–Trinajstić information content (AvgIpc) is 2.52. The minimum atomic E-state index is -3.83. The lowest BCUT2D eigenvalue weighted by atomic mass is 10.3. The molecule has 130 valence electrons. The molecule has 0 aliphatic heterocycles. The lowest BCUT2D eigenvalue weighted by Crippen LogP contribution is -2.13. The average molecular weight is 365 g/mol. The second kappa shape index (κ2) is 7.05. The first kappa shape index (κ1) is 18.0. The van der Waals surface area contributed by atoms with Gasteiger partial charge in [0.2, 0.25) is 21.7 Å². The number of rotatable bonds is 6. The first-order chi connectivity index (χ1) is 11.2. The molecule has 0 bridgehead atoms. The zero-order chi connectivity index (χ0) is 17.9. The molecule has 0 aromatic heterocycles. The third-order valence-corrected chi connectivity index (χ3v) is 3.75. The van der Waals surface area contributed by atoms with Crippen LogP contribution >= 0.6 is 0 Å². The molecule has 0 radical (unpaired) electrons. The molecule has 0 amide bonds. The van der Waals surface area contributed by atoms with Crippen molar-refractivity contribution in [2.45, 2.75) is 4.90 Å². The fourth-order valence-electron chi connectivity index (χ4n) is 1.71. The van der Waals surface area contributed by atoms with E-state index in [2.05, 4.69) is 4.74 Å². The number of ether oxygens (including phenoxy) is 2. The molecular formula is C14H11F4NO4S. The van der Waals surface area contributed by atoms with Gasteiger partial charge in [0.1, 0.15) is 19.0 Å². The molecule has 2 aromatic rings. The van der Waals surface area contributed by atoms with E-state index in [1.165, 1.54) is 24.3 Å². The highest BCUT2D eigenvalue weighted by atomic mass is 32.2. The number of nitrogens with two attached hydrogens (primary N) is 1. The van der Waals surface area contributed by atoms with Gasteiger partial charge in [0.05, 0.1) is 4.90 Å². The lowest BCUT2D eigenvalue weighted by Gasteiger charge is -2.10. The monoisotopic (exact) mass is 365 g/mol. The van der Waals surface area contributed by atoms with Crippen LogP contribution in [0.25, 0.3) is 0 Å². The van der Waals surface area contributed by atoms with Crippen molar-refractivity contribution in [3.63, 3.8) is 0 Å². The number of hydrogen-bond donors (Lipinski definition) is 1. The molecule has 0 aliphatic rings. The van der Waals surface area contributed by atoms with E-state index in [0.717, 1.165) is 0 Å². The van der Waals surface area contributed by atoms with Crippen molar-refractivity contribution in [1.82, 2.24) is 0 Å². The van der Waals surface area contributed by atoms with Crippen LogP contribution in [0.3, 0.4) is 0 Å². The fourth-order valence-corrected chi connectivity index (χ4v) is 2.22. The Morgan fingerprint density at radius 3 is 1.88 bits per heavy atom. The standard InChI is InChI=1S/C14H11F4NO4S/c15-10-7-11(16)13(18)14(12(10)17)23-6-5-22-8-1-3-9(4-2-8)24(19,20)21/h1-4,7H,5-6H2,(H2,19,20,21). The molecule has 2 rings (SSSR count). The van der Waals surface area contributed by atoms with E-state index in [4.69, 9.17) is 9.88 Å². The minimum absolute atomic E-state index is 0.0705. The molecule has 0 atom stereocenters. The highest BCUT2D eigenvalue weighted by Gasteiger charge is 2.20. The predicted octanol–water partition coefficient (Wildman–Crippen LogP) is 2.35. The molecule has 0 saturated carbocycles. The largest absolute Gasteiger partial charge is 0.490 e. The van der Waals surface area contributed by atoms with Crippen molar-refractivity contribution >= 4 is 10.0 Å². The van der Waals surface area contributed by atoms with Gasteiger partial charge in [-0.3, -0.25) is 0 Å². The zero-order valence-corrected chi connectivity index (χ0v) is 12.7. The van der Waals surface area contributed by atoms with Gasteiger partial charge in [-0.15, -0.1) is 0 Å². The van der Waals surface area contributed by atoms with Crippen molar-refractivity contribution in [2.24, 2.45) is 5.14 Å². The summed E-state index contributed by atoms with van der Waals surface area (Å²) >= 11 is 0. The number of halogens is 4. The number of hydrogen-bond acceptors (Lipinski definition) is 4. The van der Waals surface area contributed by atoms with Crippen LogP contribution in [0.15, 0.2) is 35.2 Å². The first-order valence-electron chi connectivity index (χ1n) is 6.41. The van der Waals surface area contributed by atoms with E-state index in [9.17, 15) is 26.0 Å². The summed E-state index contributed by atoms with van der Waals surface area (Å²) in [6.07, 6.45) is 0. The van der Waals surface area contributed by atoms with Crippen LogP contribution in [0.4, 0.5) is 17.6 Å². The van der Waals surface area contributed by atoms with E-state index in [0.29, 0.717) is 0 Å². The summed E-state index contributed by atoms with van der Waals surface area (Å²) in [5.74, 6) is -7.40. The molecular weight excluding hydrogens is 354 g/mol. The van der Waals surface area contributed by atoms with Crippen molar-refractivity contribution in [3.05, 3.63) is 53.6 Å². The van der Waals surface area contributed by atoms with E-state index in [1.807, 2.05) is 0 Å². The highest BCUT2D eigenvalue weighted by molar-refractivity contribution is 7.89. The predicted molar refractivity (Wildman–Crippen MR) is 75.1 cm³/mol. The Morgan fingerprint density at radius 2 is 1.38 bits per heavy atom. The molecule has 2 aromatic carbocycles.